The minimum atomic E-state index is 0. The van der Waals surface area contributed by atoms with Gasteiger partial charge in [-0.25, -0.2) is 0 Å². The van der Waals surface area contributed by atoms with Gasteiger partial charge in [0.1, 0.15) is 0 Å². The van der Waals surface area contributed by atoms with Gasteiger partial charge in [-0.3, -0.25) is 0 Å². The molecule has 102 valence electrons. The minimum Gasteiger partial charge on any atom is -0.366 e. The number of rotatable bonds is 4. The van der Waals surface area contributed by atoms with E-state index in [4.69, 9.17) is 23.2 Å². The lowest BCUT2D eigenvalue weighted by Gasteiger charge is -2.38. The highest BCUT2D eigenvalue weighted by molar-refractivity contribution is 6.30. The van der Waals surface area contributed by atoms with Gasteiger partial charge in [0.25, 0.3) is 0 Å². The summed E-state index contributed by atoms with van der Waals surface area (Å²) in [5, 5.41) is 4.24. The number of anilines is 1. The highest BCUT2D eigenvalue weighted by Gasteiger charge is 2.21. The number of piperazine rings is 1. The first-order chi connectivity index (χ1) is 8.31. The third-order valence-corrected chi connectivity index (χ3v) is 3.66. The smallest absolute Gasteiger partial charge is 0.0426 e. The third-order valence-electron chi connectivity index (χ3n) is 3.16. The summed E-state index contributed by atoms with van der Waals surface area (Å²) in [4.78, 5) is 2.44. The van der Waals surface area contributed by atoms with Crippen LogP contribution in [-0.4, -0.2) is 31.6 Å². The van der Waals surface area contributed by atoms with Crippen LogP contribution in [0.25, 0.3) is 0 Å². The summed E-state index contributed by atoms with van der Waals surface area (Å²) in [6, 6.07) is 8.63. The molecule has 0 bridgehead atoms. The molecule has 1 saturated heterocycles. The van der Waals surface area contributed by atoms with Crippen LogP contribution in [0.1, 0.15) is 12.8 Å². The van der Waals surface area contributed by atoms with Gasteiger partial charge in [-0.2, -0.15) is 0 Å². The number of halogens is 3. The average molecular weight is 310 g/mol. The molecule has 2 nitrogen and oxygen atoms in total. The molecule has 0 radical (unpaired) electrons. The van der Waals surface area contributed by atoms with Crippen molar-refractivity contribution in [1.82, 2.24) is 5.32 Å². The lowest BCUT2D eigenvalue weighted by atomic mass is 10.1. The van der Waals surface area contributed by atoms with Crippen molar-refractivity contribution >= 4 is 41.3 Å². The minimum absolute atomic E-state index is 0. The highest BCUT2D eigenvalue weighted by atomic mass is 35.5. The molecule has 1 aromatic carbocycles. The standard InChI is InChI=1S/C13H18Cl2N2.ClH/c14-6-2-5-13-10-16-7-8-17(13)12-4-1-3-11(15)9-12;/h1,3-4,9,13,16H,2,5-8,10H2;1H. The Labute approximate surface area is 125 Å². The molecular weight excluding hydrogens is 291 g/mol. The van der Waals surface area contributed by atoms with Gasteiger partial charge in [-0.1, -0.05) is 17.7 Å². The Kier molecular flexibility index (Phi) is 7.16. The van der Waals surface area contributed by atoms with Crippen molar-refractivity contribution in [3.05, 3.63) is 29.3 Å². The molecule has 1 atom stereocenters. The number of hydrogen-bond donors (Lipinski definition) is 1. The van der Waals surface area contributed by atoms with E-state index in [0.717, 1.165) is 43.4 Å². The number of nitrogens with one attached hydrogen (secondary N) is 1. The fraction of sp³-hybridized carbons (Fsp3) is 0.538. The zero-order valence-corrected chi connectivity index (χ0v) is 12.6. The van der Waals surface area contributed by atoms with Crippen molar-refractivity contribution in [3.63, 3.8) is 0 Å². The first-order valence-electron chi connectivity index (χ1n) is 6.10. The fourth-order valence-electron chi connectivity index (χ4n) is 2.33. The van der Waals surface area contributed by atoms with Crippen molar-refractivity contribution in [2.45, 2.75) is 18.9 Å². The summed E-state index contributed by atoms with van der Waals surface area (Å²) in [7, 11) is 0. The Balaban J connectivity index is 0.00000162. The largest absolute Gasteiger partial charge is 0.366 e. The zero-order chi connectivity index (χ0) is 12.1. The number of benzene rings is 1. The summed E-state index contributed by atoms with van der Waals surface area (Å²) in [6.45, 7) is 3.10. The maximum Gasteiger partial charge on any atom is 0.0426 e. The van der Waals surface area contributed by atoms with Crippen molar-refractivity contribution in [3.8, 4) is 0 Å². The van der Waals surface area contributed by atoms with Crippen LogP contribution in [0.2, 0.25) is 5.02 Å². The van der Waals surface area contributed by atoms with E-state index >= 15 is 0 Å². The molecule has 5 heteroatoms. The van der Waals surface area contributed by atoms with E-state index in [2.05, 4.69) is 16.3 Å². The van der Waals surface area contributed by atoms with Crippen LogP contribution in [0, 0.1) is 0 Å². The highest BCUT2D eigenvalue weighted by Crippen LogP contribution is 2.23. The molecular formula is C13H19Cl3N2. The summed E-state index contributed by atoms with van der Waals surface area (Å²) < 4.78 is 0. The topological polar surface area (TPSA) is 15.3 Å². The molecule has 1 N–H and O–H groups in total. The van der Waals surface area contributed by atoms with E-state index in [0.29, 0.717) is 6.04 Å². The molecule has 0 aromatic heterocycles. The Hall–Kier alpha value is -0.150. The van der Waals surface area contributed by atoms with E-state index in [9.17, 15) is 0 Å². The van der Waals surface area contributed by atoms with Gasteiger partial charge in [-0.05, 0) is 31.0 Å². The first-order valence-corrected chi connectivity index (χ1v) is 7.01. The molecule has 0 aliphatic carbocycles. The molecule has 2 rings (SSSR count). The Morgan fingerprint density at radius 2 is 2.22 bits per heavy atom. The summed E-state index contributed by atoms with van der Waals surface area (Å²) in [5.41, 5.74) is 1.22. The number of hydrogen-bond acceptors (Lipinski definition) is 2. The van der Waals surface area contributed by atoms with Crippen LogP contribution in [0.4, 0.5) is 5.69 Å². The Morgan fingerprint density at radius 1 is 1.39 bits per heavy atom. The molecule has 0 spiro atoms. The fourth-order valence-corrected chi connectivity index (χ4v) is 2.67. The van der Waals surface area contributed by atoms with Crippen LogP contribution in [0.5, 0.6) is 0 Å². The van der Waals surface area contributed by atoms with Gasteiger partial charge in [0.15, 0.2) is 0 Å². The number of alkyl halides is 1. The van der Waals surface area contributed by atoms with Gasteiger partial charge in [0.2, 0.25) is 0 Å². The van der Waals surface area contributed by atoms with Gasteiger partial charge in [0, 0.05) is 42.3 Å². The predicted octanol–water partition coefficient (Wildman–Crippen LogP) is 3.56. The van der Waals surface area contributed by atoms with Crippen molar-refractivity contribution in [2.24, 2.45) is 0 Å². The van der Waals surface area contributed by atoms with Crippen LogP contribution in [0.3, 0.4) is 0 Å². The summed E-state index contributed by atoms with van der Waals surface area (Å²) in [6.07, 6.45) is 2.19. The molecule has 1 fully saturated rings. The van der Waals surface area contributed by atoms with E-state index in [1.807, 2.05) is 18.2 Å². The molecule has 1 aliphatic rings. The van der Waals surface area contributed by atoms with E-state index in [1.165, 1.54) is 5.69 Å². The van der Waals surface area contributed by atoms with E-state index in [-0.39, 0.29) is 12.4 Å². The molecule has 1 unspecified atom stereocenters. The summed E-state index contributed by atoms with van der Waals surface area (Å²) in [5.74, 6) is 0.736. The Bertz CT molecular complexity index is 360. The van der Waals surface area contributed by atoms with Crippen molar-refractivity contribution < 1.29 is 0 Å². The molecule has 1 aromatic rings. The summed E-state index contributed by atoms with van der Waals surface area (Å²) >= 11 is 11.8. The van der Waals surface area contributed by atoms with Gasteiger partial charge in [0.05, 0.1) is 0 Å². The second kappa shape index (κ2) is 8.11. The first kappa shape index (κ1) is 15.9. The number of nitrogens with zero attached hydrogens (tertiary/aromatic N) is 1. The third kappa shape index (κ3) is 4.20. The van der Waals surface area contributed by atoms with Crippen LogP contribution in [0.15, 0.2) is 24.3 Å². The monoisotopic (exact) mass is 308 g/mol. The second-order valence-electron chi connectivity index (χ2n) is 4.36. The maximum absolute atomic E-state index is 6.05. The van der Waals surface area contributed by atoms with Gasteiger partial charge < -0.3 is 10.2 Å². The van der Waals surface area contributed by atoms with Crippen LogP contribution in [-0.2, 0) is 0 Å². The van der Waals surface area contributed by atoms with E-state index < -0.39 is 0 Å². The zero-order valence-electron chi connectivity index (χ0n) is 10.2. The van der Waals surface area contributed by atoms with Crippen molar-refractivity contribution in [2.75, 3.05) is 30.4 Å². The lowest BCUT2D eigenvalue weighted by Crippen LogP contribution is -2.51. The predicted molar refractivity (Wildman–Crippen MR) is 82.7 cm³/mol. The maximum atomic E-state index is 6.05. The molecule has 18 heavy (non-hydrogen) atoms. The van der Waals surface area contributed by atoms with Crippen LogP contribution >= 0.6 is 35.6 Å². The molecule has 1 aliphatic heterocycles. The second-order valence-corrected chi connectivity index (χ2v) is 5.18. The molecule has 0 amide bonds. The van der Waals surface area contributed by atoms with Gasteiger partial charge in [-0.15, -0.1) is 24.0 Å². The van der Waals surface area contributed by atoms with Crippen LogP contribution < -0.4 is 10.2 Å². The SMILES string of the molecule is Cl.ClCCCC1CNCCN1c1cccc(Cl)c1. The van der Waals surface area contributed by atoms with Crippen molar-refractivity contribution in [1.29, 1.82) is 0 Å². The normalized spacial score (nSPS) is 19.4. The Morgan fingerprint density at radius 3 is 2.94 bits per heavy atom. The van der Waals surface area contributed by atoms with Gasteiger partial charge >= 0.3 is 0 Å². The quantitative estimate of drug-likeness (QED) is 0.856. The van der Waals surface area contributed by atoms with E-state index in [1.54, 1.807) is 0 Å². The molecule has 1 heterocycles. The average Bonchev–Trinajstić information content (AvgIpc) is 2.37. The molecule has 0 saturated carbocycles. The lowest BCUT2D eigenvalue weighted by molar-refractivity contribution is 0.451.